The van der Waals surface area contributed by atoms with Crippen LogP contribution < -0.4 is 15.2 Å². The SMILES string of the molecule is COC(=O)n1cc(COc2c3n(ccc2=O)N([C@@H]2c4ccccc4SCc4c2ccc(F)c4F)[C@@H]2COCCN2C3=O)c2ccccc21. The van der Waals surface area contributed by atoms with Crippen LogP contribution in [0.1, 0.15) is 38.8 Å². The second kappa shape index (κ2) is 11.8. The van der Waals surface area contributed by atoms with Gasteiger partial charge in [0.15, 0.2) is 23.1 Å². The van der Waals surface area contributed by atoms with Crippen molar-refractivity contribution in [2.24, 2.45) is 0 Å². The third-order valence-corrected chi connectivity index (χ3v) is 10.2. The molecule has 1 saturated heterocycles. The molecule has 0 saturated carbocycles. The van der Waals surface area contributed by atoms with Gasteiger partial charge in [0.2, 0.25) is 5.43 Å². The summed E-state index contributed by atoms with van der Waals surface area (Å²) in [7, 11) is 1.29. The number of amides is 1. The summed E-state index contributed by atoms with van der Waals surface area (Å²) in [5, 5.41) is 2.61. The van der Waals surface area contributed by atoms with E-state index in [9.17, 15) is 18.8 Å². The first-order valence-corrected chi connectivity index (χ1v) is 16.3. The molecule has 0 radical (unpaired) electrons. The van der Waals surface area contributed by atoms with Gasteiger partial charge in [0.25, 0.3) is 5.91 Å². The molecule has 3 aliphatic heterocycles. The summed E-state index contributed by atoms with van der Waals surface area (Å²) in [5.41, 5.74) is 2.27. The number of pyridine rings is 1. The topological polar surface area (TPSA) is 95.2 Å². The largest absolute Gasteiger partial charge is 0.482 e. The number of aromatic nitrogens is 2. The maximum absolute atomic E-state index is 15.5. The second-order valence-corrected chi connectivity index (χ2v) is 12.6. The van der Waals surface area contributed by atoms with Crippen LogP contribution in [0, 0.1) is 11.6 Å². The monoisotopic (exact) mass is 670 g/mol. The minimum atomic E-state index is -0.941. The van der Waals surface area contributed by atoms with Gasteiger partial charge in [-0.2, -0.15) is 0 Å². The number of morpholine rings is 1. The lowest BCUT2D eigenvalue weighted by atomic mass is 9.93. The first-order valence-electron chi connectivity index (χ1n) is 15.3. The normalized spacial score (nSPS) is 18.4. The van der Waals surface area contributed by atoms with E-state index in [4.69, 9.17) is 14.2 Å². The van der Waals surface area contributed by atoms with Gasteiger partial charge in [-0.15, -0.1) is 11.8 Å². The van der Waals surface area contributed by atoms with Gasteiger partial charge in [0.05, 0.1) is 31.9 Å². The maximum Gasteiger partial charge on any atom is 0.418 e. The predicted molar refractivity (Wildman–Crippen MR) is 173 cm³/mol. The Morgan fingerprint density at radius 3 is 2.69 bits per heavy atom. The molecule has 0 spiro atoms. The number of nitrogens with zero attached hydrogens (tertiary/aromatic N) is 4. The highest BCUT2D eigenvalue weighted by molar-refractivity contribution is 7.98. The molecule has 1 amide bonds. The van der Waals surface area contributed by atoms with E-state index in [2.05, 4.69) is 0 Å². The quantitative estimate of drug-likeness (QED) is 0.250. The van der Waals surface area contributed by atoms with Gasteiger partial charge >= 0.3 is 6.09 Å². The lowest BCUT2D eigenvalue weighted by Crippen LogP contribution is -2.66. The average molecular weight is 671 g/mol. The van der Waals surface area contributed by atoms with Gasteiger partial charge in [-0.05, 0) is 29.3 Å². The summed E-state index contributed by atoms with van der Waals surface area (Å²) in [6.45, 7) is 0.533. The zero-order valence-corrected chi connectivity index (χ0v) is 26.4. The Kier molecular flexibility index (Phi) is 7.45. The number of halogens is 2. The highest BCUT2D eigenvalue weighted by Crippen LogP contribution is 2.45. The van der Waals surface area contributed by atoms with Gasteiger partial charge in [0, 0.05) is 52.2 Å². The average Bonchev–Trinajstić information content (AvgIpc) is 3.40. The fourth-order valence-electron chi connectivity index (χ4n) is 6.87. The molecule has 2 aromatic heterocycles. The van der Waals surface area contributed by atoms with E-state index >= 15 is 4.39 Å². The third-order valence-electron chi connectivity index (χ3n) is 9.07. The summed E-state index contributed by atoms with van der Waals surface area (Å²) in [6, 6.07) is 18.2. The minimum absolute atomic E-state index is 0.00382. The van der Waals surface area contributed by atoms with Crippen LogP contribution in [-0.2, 0) is 21.8 Å². The molecule has 0 bridgehead atoms. The molecule has 2 atom stereocenters. The van der Waals surface area contributed by atoms with Crippen LogP contribution in [0.2, 0.25) is 0 Å². The Balaban J connectivity index is 1.30. The molecular formula is C35H28F2N4O6S. The summed E-state index contributed by atoms with van der Waals surface area (Å²) in [5.74, 6) is -2.25. The number of para-hydroxylation sites is 1. The first-order chi connectivity index (χ1) is 23.4. The zero-order chi connectivity index (χ0) is 33.1. The molecule has 3 aromatic carbocycles. The van der Waals surface area contributed by atoms with Crippen molar-refractivity contribution in [1.29, 1.82) is 0 Å². The van der Waals surface area contributed by atoms with Gasteiger partial charge in [0.1, 0.15) is 12.8 Å². The molecule has 10 nitrogen and oxygen atoms in total. The Labute approximate surface area is 277 Å². The highest BCUT2D eigenvalue weighted by Gasteiger charge is 2.46. The molecule has 3 aliphatic rings. The van der Waals surface area contributed by atoms with Crippen molar-refractivity contribution in [1.82, 2.24) is 14.1 Å². The van der Waals surface area contributed by atoms with Crippen LogP contribution >= 0.6 is 11.8 Å². The van der Waals surface area contributed by atoms with Gasteiger partial charge in [-0.3, -0.25) is 23.8 Å². The third kappa shape index (κ3) is 4.67. The maximum atomic E-state index is 15.5. The van der Waals surface area contributed by atoms with Crippen LogP contribution in [0.3, 0.4) is 0 Å². The lowest BCUT2D eigenvalue weighted by molar-refractivity contribution is -0.0199. The van der Waals surface area contributed by atoms with Crippen molar-refractivity contribution in [3.8, 4) is 5.75 Å². The van der Waals surface area contributed by atoms with E-state index in [-0.39, 0.29) is 49.1 Å². The smallest absolute Gasteiger partial charge is 0.418 e. The molecule has 5 aromatic rings. The molecular weight excluding hydrogens is 642 g/mol. The number of carbonyl (C=O) groups is 2. The standard InChI is InChI=1S/C35H28F2N4O6S/c1-45-35(44)39-16-20(21-6-2-4-8-26(21)39)17-47-33-27(42)12-13-40-32(33)34(43)38-14-15-46-18-29(38)41(40)31-22-10-11-25(36)30(37)24(22)19-48-28-9-5-3-7-23(28)31/h2-13,16,29,31H,14-15,17-19H2,1H3/t29-,31+/m1/s1. The van der Waals surface area contributed by atoms with Crippen molar-refractivity contribution < 1.29 is 32.6 Å². The van der Waals surface area contributed by atoms with Crippen LogP contribution in [0.25, 0.3) is 10.9 Å². The first kappa shape index (κ1) is 30.2. The number of ether oxygens (including phenoxy) is 3. The molecule has 1 fully saturated rings. The lowest BCUT2D eigenvalue weighted by Gasteiger charge is -2.51. The number of fused-ring (bicyclic) bond motifs is 5. The number of hydrogen-bond acceptors (Lipinski definition) is 8. The van der Waals surface area contributed by atoms with Crippen molar-refractivity contribution in [3.05, 3.63) is 129 Å². The number of thioether (sulfide) groups is 1. The van der Waals surface area contributed by atoms with Gasteiger partial charge in [-0.25, -0.2) is 13.6 Å². The molecule has 48 heavy (non-hydrogen) atoms. The van der Waals surface area contributed by atoms with E-state index in [0.717, 1.165) is 16.5 Å². The molecule has 0 N–H and O–H groups in total. The molecule has 5 heterocycles. The van der Waals surface area contributed by atoms with Gasteiger partial charge < -0.3 is 19.1 Å². The van der Waals surface area contributed by atoms with Crippen LogP contribution in [0.15, 0.2) is 88.8 Å². The predicted octanol–water partition coefficient (Wildman–Crippen LogP) is 5.42. The Morgan fingerprint density at radius 2 is 1.83 bits per heavy atom. The summed E-state index contributed by atoms with van der Waals surface area (Å²) < 4.78 is 50.1. The van der Waals surface area contributed by atoms with Crippen molar-refractivity contribution >= 4 is 34.7 Å². The zero-order valence-electron chi connectivity index (χ0n) is 25.6. The minimum Gasteiger partial charge on any atom is -0.482 e. The van der Waals surface area contributed by atoms with Crippen molar-refractivity contribution in [3.63, 3.8) is 0 Å². The van der Waals surface area contributed by atoms with Crippen LogP contribution in [0.4, 0.5) is 13.6 Å². The molecule has 0 aliphatic carbocycles. The Hall–Kier alpha value is -5.14. The number of carbonyl (C=O) groups excluding carboxylic acids is 2. The Morgan fingerprint density at radius 1 is 1.02 bits per heavy atom. The highest BCUT2D eigenvalue weighted by atomic mass is 32.2. The summed E-state index contributed by atoms with van der Waals surface area (Å²) in [4.78, 5) is 42.8. The summed E-state index contributed by atoms with van der Waals surface area (Å²) >= 11 is 1.41. The number of rotatable bonds is 4. The van der Waals surface area contributed by atoms with E-state index in [1.807, 2.05) is 41.4 Å². The number of hydrogen-bond donors (Lipinski definition) is 0. The Bertz CT molecular complexity index is 2180. The molecule has 244 valence electrons. The van der Waals surface area contributed by atoms with Crippen LogP contribution in [0.5, 0.6) is 5.75 Å². The summed E-state index contributed by atoms with van der Waals surface area (Å²) in [6.07, 6.45) is 1.87. The van der Waals surface area contributed by atoms with E-state index in [0.29, 0.717) is 22.0 Å². The molecule has 13 heteroatoms. The van der Waals surface area contributed by atoms with Gasteiger partial charge in [-0.1, -0.05) is 42.5 Å². The molecule has 0 unspecified atom stereocenters. The van der Waals surface area contributed by atoms with Crippen LogP contribution in [-0.4, -0.2) is 59.2 Å². The molecule has 8 rings (SSSR count). The second-order valence-electron chi connectivity index (χ2n) is 11.6. The van der Waals surface area contributed by atoms with E-state index in [1.54, 1.807) is 34.0 Å². The fraction of sp³-hybridized carbons (Fsp3) is 0.229. The fourth-order valence-corrected chi connectivity index (χ4v) is 7.99. The van der Waals surface area contributed by atoms with Crippen molar-refractivity contribution in [2.45, 2.75) is 29.5 Å². The van der Waals surface area contributed by atoms with Crippen molar-refractivity contribution in [2.75, 3.05) is 31.9 Å². The number of methoxy groups -OCH3 is 1. The van der Waals surface area contributed by atoms with E-state index < -0.39 is 41.3 Å². The number of benzene rings is 3. The van der Waals surface area contributed by atoms with E-state index in [1.165, 1.54) is 35.7 Å².